The van der Waals surface area contributed by atoms with Crippen molar-refractivity contribution >= 4 is 5.91 Å². The number of benzene rings is 1. The molecule has 0 fully saturated rings. The van der Waals surface area contributed by atoms with Crippen LogP contribution in [-0.4, -0.2) is 24.6 Å². The number of hydrogen-bond acceptors (Lipinski definition) is 3. The third-order valence-electron chi connectivity index (χ3n) is 3.15. The fourth-order valence-corrected chi connectivity index (χ4v) is 1.79. The Balaban J connectivity index is 2.63. The van der Waals surface area contributed by atoms with Crippen LogP contribution >= 0.6 is 0 Å². The molecule has 1 aromatic carbocycles. The molecule has 0 bridgehead atoms. The van der Waals surface area contributed by atoms with Gasteiger partial charge in [-0.3, -0.25) is 4.79 Å². The Labute approximate surface area is 109 Å². The Hall–Kier alpha value is -1.55. The average molecular weight is 250 g/mol. The fraction of sp³-hybridized carbons (Fsp3) is 0.500. The van der Waals surface area contributed by atoms with E-state index in [1.54, 1.807) is 14.0 Å². The zero-order chi connectivity index (χ0) is 13.8. The predicted molar refractivity (Wildman–Crippen MR) is 72.5 cm³/mol. The molecule has 0 aliphatic carbocycles. The minimum atomic E-state index is -0.746. The van der Waals surface area contributed by atoms with Crippen molar-refractivity contribution in [3.63, 3.8) is 0 Å². The molecule has 0 saturated heterocycles. The van der Waals surface area contributed by atoms with Crippen LogP contribution in [0, 0.1) is 6.92 Å². The number of primary amides is 1. The largest absolute Gasteiger partial charge is 0.491 e. The summed E-state index contributed by atoms with van der Waals surface area (Å²) in [6.45, 7) is 5.74. The number of ether oxygens (including phenoxy) is 1. The van der Waals surface area contributed by atoms with Crippen LogP contribution < -0.4 is 15.8 Å². The summed E-state index contributed by atoms with van der Waals surface area (Å²) in [5, 5.41) is 2.95. The molecule has 1 aromatic rings. The first-order valence-electron chi connectivity index (χ1n) is 6.09. The standard InChI is InChI=1S/C14H22N2O2/c1-10-5-7-12(8-6-10)18-11(2)9-14(3,16-4)13(15)17/h5-8,11,16H,9H2,1-4H3,(H2,15,17). The lowest BCUT2D eigenvalue weighted by molar-refractivity contribution is -0.124. The number of nitrogens with two attached hydrogens (primary N) is 1. The van der Waals surface area contributed by atoms with Crippen LogP contribution in [0.25, 0.3) is 0 Å². The number of carbonyl (C=O) groups is 1. The summed E-state index contributed by atoms with van der Waals surface area (Å²) in [4.78, 5) is 11.4. The van der Waals surface area contributed by atoms with Gasteiger partial charge in [-0.15, -0.1) is 0 Å². The number of likely N-dealkylation sites (N-methyl/N-ethyl adjacent to an activating group) is 1. The van der Waals surface area contributed by atoms with Gasteiger partial charge in [-0.1, -0.05) is 17.7 Å². The van der Waals surface area contributed by atoms with E-state index in [0.29, 0.717) is 6.42 Å². The summed E-state index contributed by atoms with van der Waals surface area (Å²) in [6, 6.07) is 7.83. The van der Waals surface area contributed by atoms with E-state index < -0.39 is 5.54 Å². The van der Waals surface area contributed by atoms with Gasteiger partial charge in [-0.25, -0.2) is 0 Å². The lowest BCUT2D eigenvalue weighted by Crippen LogP contribution is -2.53. The second-order valence-electron chi connectivity index (χ2n) is 4.89. The lowest BCUT2D eigenvalue weighted by atomic mass is 9.94. The van der Waals surface area contributed by atoms with Crippen LogP contribution in [0.5, 0.6) is 5.75 Å². The first-order chi connectivity index (χ1) is 8.37. The maximum Gasteiger partial charge on any atom is 0.237 e. The highest BCUT2D eigenvalue weighted by molar-refractivity contribution is 5.84. The zero-order valence-corrected chi connectivity index (χ0v) is 11.5. The second-order valence-corrected chi connectivity index (χ2v) is 4.89. The highest BCUT2D eigenvalue weighted by Gasteiger charge is 2.31. The van der Waals surface area contributed by atoms with Gasteiger partial charge >= 0.3 is 0 Å². The normalized spacial score (nSPS) is 15.8. The number of nitrogens with one attached hydrogen (secondary N) is 1. The first kappa shape index (κ1) is 14.5. The van der Waals surface area contributed by atoms with E-state index in [1.807, 2.05) is 38.1 Å². The molecular weight excluding hydrogens is 228 g/mol. The van der Waals surface area contributed by atoms with Gasteiger partial charge in [0.05, 0.1) is 11.6 Å². The van der Waals surface area contributed by atoms with Crippen molar-refractivity contribution in [2.75, 3.05) is 7.05 Å². The van der Waals surface area contributed by atoms with E-state index in [4.69, 9.17) is 10.5 Å². The predicted octanol–water partition coefficient (Wildman–Crippen LogP) is 1.62. The van der Waals surface area contributed by atoms with E-state index in [9.17, 15) is 4.79 Å². The lowest BCUT2D eigenvalue weighted by Gasteiger charge is -2.28. The number of aryl methyl sites for hydroxylation is 1. The van der Waals surface area contributed by atoms with Gasteiger partial charge < -0.3 is 15.8 Å². The molecule has 0 spiro atoms. The van der Waals surface area contributed by atoms with Crippen LogP contribution in [0.2, 0.25) is 0 Å². The van der Waals surface area contributed by atoms with Crippen LogP contribution in [0.4, 0.5) is 0 Å². The molecule has 4 nitrogen and oxygen atoms in total. The Bertz CT molecular complexity index is 403. The van der Waals surface area contributed by atoms with Crippen LogP contribution in [0.15, 0.2) is 24.3 Å². The molecule has 100 valence electrons. The number of hydrogen-bond donors (Lipinski definition) is 2. The van der Waals surface area contributed by atoms with Crippen molar-refractivity contribution < 1.29 is 9.53 Å². The van der Waals surface area contributed by atoms with Gasteiger partial charge in [0, 0.05) is 6.42 Å². The van der Waals surface area contributed by atoms with E-state index in [2.05, 4.69) is 5.32 Å². The summed E-state index contributed by atoms with van der Waals surface area (Å²) in [5.74, 6) is 0.431. The van der Waals surface area contributed by atoms with Crippen molar-refractivity contribution in [2.45, 2.75) is 38.8 Å². The van der Waals surface area contributed by atoms with E-state index in [0.717, 1.165) is 5.75 Å². The fourth-order valence-electron chi connectivity index (χ4n) is 1.79. The SMILES string of the molecule is CNC(C)(CC(C)Oc1ccc(C)cc1)C(N)=O. The summed E-state index contributed by atoms with van der Waals surface area (Å²) in [6.07, 6.45) is 0.421. The quantitative estimate of drug-likeness (QED) is 0.806. The van der Waals surface area contributed by atoms with Gasteiger partial charge in [-0.05, 0) is 40.0 Å². The molecule has 18 heavy (non-hydrogen) atoms. The monoisotopic (exact) mass is 250 g/mol. The van der Waals surface area contributed by atoms with Crippen molar-refractivity contribution in [3.05, 3.63) is 29.8 Å². The number of rotatable bonds is 6. The van der Waals surface area contributed by atoms with E-state index in [-0.39, 0.29) is 12.0 Å². The summed E-state index contributed by atoms with van der Waals surface area (Å²) < 4.78 is 5.77. The molecule has 1 rings (SSSR count). The van der Waals surface area contributed by atoms with Gasteiger partial charge in [-0.2, -0.15) is 0 Å². The molecule has 2 atom stereocenters. The average Bonchev–Trinajstić information content (AvgIpc) is 2.31. The Morgan fingerprint density at radius 3 is 2.44 bits per heavy atom. The molecule has 0 heterocycles. The van der Waals surface area contributed by atoms with Gasteiger partial charge in [0.2, 0.25) is 5.91 Å². The maximum atomic E-state index is 11.4. The van der Waals surface area contributed by atoms with Crippen LogP contribution in [0.3, 0.4) is 0 Å². The molecule has 0 aliphatic rings. The molecule has 0 saturated carbocycles. The Morgan fingerprint density at radius 1 is 1.44 bits per heavy atom. The minimum Gasteiger partial charge on any atom is -0.491 e. The molecule has 0 aliphatic heterocycles. The first-order valence-corrected chi connectivity index (χ1v) is 6.09. The van der Waals surface area contributed by atoms with Gasteiger partial charge in [0.1, 0.15) is 5.75 Å². The molecule has 1 amide bonds. The minimum absolute atomic E-state index is 0.0994. The zero-order valence-electron chi connectivity index (χ0n) is 11.5. The third-order valence-corrected chi connectivity index (χ3v) is 3.15. The third kappa shape index (κ3) is 3.74. The molecule has 2 unspecified atom stereocenters. The molecule has 4 heteroatoms. The Kier molecular flexibility index (Phi) is 4.73. The van der Waals surface area contributed by atoms with E-state index in [1.165, 1.54) is 5.56 Å². The highest BCUT2D eigenvalue weighted by atomic mass is 16.5. The smallest absolute Gasteiger partial charge is 0.237 e. The van der Waals surface area contributed by atoms with E-state index >= 15 is 0 Å². The summed E-state index contributed by atoms with van der Waals surface area (Å²) >= 11 is 0. The van der Waals surface area contributed by atoms with Crippen LogP contribution in [0.1, 0.15) is 25.8 Å². The summed E-state index contributed by atoms with van der Waals surface area (Å²) in [7, 11) is 1.73. The maximum absolute atomic E-state index is 11.4. The highest BCUT2D eigenvalue weighted by Crippen LogP contribution is 2.18. The molecule has 3 N–H and O–H groups in total. The van der Waals surface area contributed by atoms with Crippen molar-refractivity contribution in [1.82, 2.24) is 5.32 Å². The van der Waals surface area contributed by atoms with Crippen molar-refractivity contribution in [1.29, 1.82) is 0 Å². The topological polar surface area (TPSA) is 64.3 Å². The van der Waals surface area contributed by atoms with Gasteiger partial charge in [0.15, 0.2) is 0 Å². The molecule has 0 radical (unpaired) electrons. The van der Waals surface area contributed by atoms with Crippen molar-refractivity contribution in [3.8, 4) is 5.75 Å². The summed E-state index contributed by atoms with van der Waals surface area (Å²) in [5.41, 5.74) is 5.83. The Morgan fingerprint density at radius 2 is 2.00 bits per heavy atom. The second kappa shape index (κ2) is 5.87. The molecular formula is C14H22N2O2. The number of carbonyl (C=O) groups excluding carboxylic acids is 1. The van der Waals surface area contributed by atoms with Crippen molar-refractivity contribution in [2.24, 2.45) is 5.73 Å². The number of amides is 1. The van der Waals surface area contributed by atoms with Gasteiger partial charge in [0.25, 0.3) is 0 Å². The molecule has 0 aromatic heterocycles. The van der Waals surface area contributed by atoms with Crippen LogP contribution in [-0.2, 0) is 4.79 Å².